The van der Waals surface area contributed by atoms with E-state index in [1.807, 2.05) is 0 Å². The largest absolute Gasteiger partial charge is 0.480 e. The average Bonchev–Trinajstić information content (AvgIpc) is 2.58. The number of rotatable bonds is 1. The highest BCUT2D eigenvalue weighted by Gasteiger charge is 2.39. The minimum atomic E-state index is -4.47. The van der Waals surface area contributed by atoms with E-state index in [1.54, 1.807) is 24.3 Å². The molecule has 0 saturated carbocycles. The smallest absolute Gasteiger partial charge is 0.417 e. The van der Waals surface area contributed by atoms with Crippen molar-refractivity contribution in [3.63, 3.8) is 0 Å². The Morgan fingerprint density at radius 1 is 1.04 bits per heavy atom. The van der Waals surface area contributed by atoms with Crippen LogP contribution in [-0.4, -0.2) is 17.1 Å². The van der Waals surface area contributed by atoms with E-state index >= 15 is 0 Å². The molecule has 3 nitrogen and oxygen atoms in total. The summed E-state index contributed by atoms with van der Waals surface area (Å²) in [4.78, 5) is 8.89. The summed E-state index contributed by atoms with van der Waals surface area (Å²) in [6.45, 7) is 0. The van der Waals surface area contributed by atoms with Crippen molar-refractivity contribution < 1.29 is 17.9 Å². The standard InChI is InChI=1S/C18H15F3N2O/c1-24-17-14-15(18(19,20)21)10-6-2-4-8-12(10)22-16(14)11-7-3-5-9-13(11)23-17/h3,5,7,9H,2,4,6,8H2,1H3. The van der Waals surface area contributed by atoms with Crippen LogP contribution in [0.25, 0.3) is 21.8 Å². The molecule has 0 atom stereocenters. The third kappa shape index (κ3) is 2.20. The third-order valence-corrected chi connectivity index (χ3v) is 4.55. The number of para-hydroxylation sites is 1. The molecule has 0 amide bonds. The van der Waals surface area contributed by atoms with Crippen LogP contribution in [-0.2, 0) is 19.0 Å². The van der Waals surface area contributed by atoms with Crippen molar-refractivity contribution in [2.75, 3.05) is 7.11 Å². The Labute approximate surface area is 136 Å². The zero-order valence-electron chi connectivity index (χ0n) is 13.1. The van der Waals surface area contributed by atoms with Gasteiger partial charge < -0.3 is 4.74 Å². The lowest BCUT2D eigenvalue weighted by Gasteiger charge is -2.23. The Morgan fingerprint density at radius 2 is 1.79 bits per heavy atom. The topological polar surface area (TPSA) is 35.0 Å². The van der Waals surface area contributed by atoms with Gasteiger partial charge in [0.2, 0.25) is 5.88 Å². The van der Waals surface area contributed by atoms with Crippen LogP contribution in [0.4, 0.5) is 13.2 Å². The number of aromatic nitrogens is 2. The average molecular weight is 332 g/mol. The van der Waals surface area contributed by atoms with Gasteiger partial charge in [-0.2, -0.15) is 13.2 Å². The minimum absolute atomic E-state index is 0.0168. The van der Waals surface area contributed by atoms with Crippen LogP contribution in [0.5, 0.6) is 5.88 Å². The fraction of sp³-hybridized carbons (Fsp3) is 0.333. The number of fused-ring (bicyclic) bond motifs is 4. The molecule has 124 valence electrons. The van der Waals surface area contributed by atoms with Gasteiger partial charge in [-0.25, -0.2) is 4.98 Å². The number of pyridine rings is 2. The van der Waals surface area contributed by atoms with E-state index in [0.29, 0.717) is 40.5 Å². The molecule has 0 bridgehead atoms. The zero-order chi connectivity index (χ0) is 16.9. The van der Waals surface area contributed by atoms with Crippen LogP contribution >= 0.6 is 0 Å². The maximum Gasteiger partial charge on any atom is 0.417 e. The van der Waals surface area contributed by atoms with Crippen molar-refractivity contribution in [3.05, 3.63) is 41.1 Å². The van der Waals surface area contributed by atoms with Crippen LogP contribution in [0.1, 0.15) is 29.7 Å². The van der Waals surface area contributed by atoms with Crippen molar-refractivity contribution in [2.24, 2.45) is 0 Å². The molecule has 2 aromatic heterocycles. The summed E-state index contributed by atoms with van der Waals surface area (Å²) in [5, 5.41) is 0.594. The highest BCUT2D eigenvalue weighted by molar-refractivity contribution is 6.07. The Morgan fingerprint density at radius 3 is 2.54 bits per heavy atom. The lowest BCUT2D eigenvalue weighted by Crippen LogP contribution is -2.17. The van der Waals surface area contributed by atoms with Crippen LogP contribution in [0.2, 0.25) is 0 Å². The van der Waals surface area contributed by atoms with E-state index in [1.165, 1.54) is 7.11 Å². The second-order valence-corrected chi connectivity index (χ2v) is 5.98. The van der Waals surface area contributed by atoms with Crippen LogP contribution < -0.4 is 4.74 Å². The summed E-state index contributed by atoms with van der Waals surface area (Å²) in [7, 11) is 1.34. The van der Waals surface area contributed by atoms with Crippen molar-refractivity contribution in [2.45, 2.75) is 31.9 Å². The monoisotopic (exact) mass is 332 g/mol. The number of methoxy groups -OCH3 is 1. The summed E-state index contributed by atoms with van der Waals surface area (Å²) in [6.07, 6.45) is -1.90. The number of hydrogen-bond donors (Lipinski definition) is 0. The zero-order valence-corrected chi connectivity index (χ0v) is 13.1. The van der Waals surface area contributed by atoms with E-state index < -0.39 is 11.7 Å². The molecule has 0 unspecified atom stereocenters. The normalized spacial score (nSPS) is 14.8. The molecule has 0 saturated heterocycles. The molecule has 1 aliphatic carbocycles. The first-order valence-corrected chi connectivity index (χ1v) is 7.86. The van der Waals surface area contributed by atoms with Gasteiger partial charge in [-0.3, -0.25) is 4.98 Å². The first-order chi connectivity index (χ1) is 11.5. The fourth-order valence-corrected chi connectivity index (χ4v) is 3.54. The lowest BCUT2D eigenvalue weighted by molar-refractivity contribution is -0.137. The van der Waals surface area contributed by atoms with Crippen molar-refractivity contribution in [3.8, 4) is 5.88 Å². The Bertz CT molecular complexity index is 951. The van der Waals surface area contributed by atoms with E-state index in [-0.39, 0.29) is 11.3 Å². The van der Waals surface area contributed by atoms with E-state index in [2.05, 4.69) is 9.97 Å². The van der Waals surface area contributed by atoms with Crippen LogP contribution in [0.3, 0.4) is 0 Å². The van der Waals surface area contributed by atoms with Crippen molar-refractivity contribution >= 4 is 21.8 Å². The predicted octanol–water partition coefficient (Wildman–Crippen LogP) is 4.69. The first kappa shape index (κ1) is 15.2. The molecule has 0 radical (unpaired) electrons. The number of halogens is 3. The van der Waals surface area contributed by atoms with Gasteiger partial charge in [-0.05, 0) is 37.3 Å². The molecule has 0 N–H and O–H groups in total. The molecular formula is C18H15F3N2O. The maximum absolute atomic E-state index is 13.9. The quantitative estimate of drug-likeness (QED) is 0.607. The van der Waals surface area contributed by atoms with Gasteiger partial charge in [-0.15, -0.1) is 0 Å². The Balaban J connectivity index is 2.26. The van der Waals surface area contributed by atoms with Gasteiger partial charge in [0, 0.05) is 11.1 Å². The number of hydrogen-bond acceptors (Lipinski definition) is 3. The van der Waals surface area contributed by atoms with Gasteiger partial charge in [0.1, 0.15) is 0 Å². The Hall–Kier alpha value is -2.37. The molecule has 6 heteroatoms. The van der Waals surface area contributed by atoms with Gasteiger partial charge >= 0.3 is 6.18 Å². The lowest BCUT2D eigenvalue weighted by atomic mass is 9.89. The number of nitrogens with zero attached hydrogens (tertiary/aromatic N) is 2. The molecule has 0 spiro atoms. The Kier molecular flexibility index (Phi) is 3.37. The molecule has 1 aromatic carbocycles. The molecule has 4 rings (SSSR count). The number of aryl methyl sites for hydroxylation is 1. The predicted molar refractivity (Wildman–Crippen MR) is 85.2 cm³/mol. The second-order valence-electron chi connectivity index (χ2n) is 5.98. The molecule has 2 heterocycles. The molecule has 0 aliphatic heterocycles. The molecule has 3 aromatic rings. The number of alkyl halides is 3. The molecule has 24 heavy (non-hydrogen) atoms. The third-order valence-electron chi connectivity index (χ3n) is 4.55. The van der Waals surface area contributed by atoms with Crippen LogP contribution in [0, 0.1) is 0 Å². The highest BCUT2D eigenvalue weighted by Crippen LogP contribution is 2.44. The van der Waals surface area contributed by atoms with E-state index in [9.17, 15) is 13.2 Å². The van der Waals surface area contributed by atoms with Gasteiger partial charge in [0.15, 0.2) is 0 Å². The molecular weight excluding hydrogens is 317 g/mol. The first-order valence-electron chi connectivity index (χ1n) is 7.86. The second kappa shape index (κ2) is 5.33. The molecule has 1 aliphatic rings. The highest BCUT2D eigenvalue weighted by atomic mass is 19.4. The van der Waals surface area contributed by atoms with Crippen molar-refractivity contribution in [1.82, 2.24) is 9.97 Å². The summed E-state index contributed by atoms with van der Waals surface area (Å²) >= 11 is 0. The minimum Gasteiger partial charge on any atom is -0.480 e. The summed E-state index contributed by atoms with van der Waals surface area (Å²) in [5.74, 6) is -0.0168. The number of benzene rings is 1. The fourth-order valence-electron chi connectivity index (χ4n) is 3.54. The van der Waals surface area contributed by atoms with Crippen molar-refractivity contribution in [1.29, 1.82) is 0 Å². The van der Waals surface area contributed by atoms with Gasteiger partial charge in [-0.1, -0.05) is 18.2 Å². The summed E-state index contributed by atoms with van der Waals surface area (Å²) in [5.41, 5.74) is 1.14. The van der Waals surface area contributed by atoms with E-state index in [0.717, 1.165) is 12.8 Å². The molecule has 0 fully saturated rings. The van der Waals surface area contributed by atoms with E-state index in [4.69, 9.17) is 4.74 Å². The van der Waals surface area contributed by atoms with Crippen LogP contribution in [0.15, 0.2) is 24.3 Å². The van der Waals surface area contributed by atoms with Gasteiger partial charge in [0.25, 0.3) is 0 Å². The maximum atomic E-state index is 13.9. The summed E-state index contributed by atoms with van der Waals surface area (Å²) in [6, 6.07) is 7.09. The summed E-state index contributed by atoms with van der Waals surface area (Å²) < 4.78 is 46.9. The SMILES string of the molecule is COc1nc2ccccc2c2nc3c(c(C(F)(F)F)c12)CCCC3. The van der Waals surface area contributed by atoms with Gasteiger partial charge in [0.05, 0.1) is 29.1 Å². The number of ether oxygens (including phenoxy) is 1.